The minimum absolute atomic E-state index is 0.0168. The zero-order valence-electron chi connectivity index (χ0n) is 13.5. The Morgan fingerprint density at radius 1 is 1.37 bits per heavy atom. The lowest BCUT2D eigenvalue weighted by Gasteiger charge is -2.46. The predicted octanol–water partition coefficient (Wildman–Crippen LogP) is 2.94. The van der Waals surface area contributed by atoms with Crippen molar-refractivity contribution in [3.05, 3.63) is 0 Å². The molecule has 0 spiro atoms. The Morgan fingerprint density at radius 3 is 2.42 bits per heavy atom. The fourth-order valence-corrected chi connectivity index (χ4v) is 3.34. The fourth-order valence-electron chi connectivity index (χ4n) is 3.34. The van der Waals surface area contributed by atoms with Crippen LogP contribution in [0.3, 0.4) is 0 Å². The van der Waals surface area contributed by atoms with Gasteiger partial charge < -0.3 is 11.1 Å². The SMILES string of the molecule is CCC(NC(=O)C1CCC(N)C(C)C1(C)C)C(C)C. The van der Waals surface area contributed by atoms with Crippen molar-refractivity contribution in [2.45, 2.75) is 72.9 Å². The van der Waals surface area contributed by atoms with Gasteiger partial charge in [-0.1, -0.05) is 41.5 Å². The monoisotopic (exact) mass is 268 g/mol. The van der Waals surface area contributed by atoms with E-state index in [1.807, 2.05) is 0 Å². The molecule has 0 radical (unpaired) electrons. The van der Waals surface area contributed by atoms with E-state index in [9.17, 15) is 4.79 Å². The van der Waals surface area contributed by atoms with Crippen molar-refractivity contribution in [1.82, 2.24) is 5.32 Å². The first-order chi connectivity index (χ1) is 8.71. The van der Waals surface area contributed by atoms with Gasteiger partial charge in [-0.2, -0.15) is 0 Å². The number of amides is 1. The van der Waals surface area contributed by atoms with Gasteiger partial charge in [-0.05, 0) is 36.5 Å². The summed E-state index contributed by atoms with van der Waals surface area (Å²) in [6.45, 7) is 13.0. The third kappa shape index (κ3) is 3.50. The molecular formula is C16H32N2O. The van der Waals surface area contributed by atoms with E-state index < -0.39 is 0 Å². The summed E-state index contributed by atoms with van der Waals surface area (Å²) in [5, 5.41) is 3.25. The summed E-state index contributed by atoms with van der Waals surface area (Å²) in [6.07, 6.45) is 2.87. The zero-order chi connectivity index (χ0) is 14.8. The number of hydrogen-bond acceptors (Lipinski definition) is 2. The van der Waals surface area contributed by atoms with Crippen molar-refractivity contribution in [1.29, 1.82) is 0 Å². The molecule has 19 heavy (non-hydrogen) atoms. The lowest BCUT2D eigenvalue weighted by atomic mass is 9.61. The lowest BCUT2D eigenvalue weighted by Crippen LogP contribution is -2.53. The minimum Gasteiger partial charge on any atom is -0.353 e. The largest absolute Gasteiger partial charge is 0.353 e. The number of carbonyl (C=O) groups excluding carboxylic acids is 1. The Morgan fingerprint density at radius 2 is 1.95 bits per heavy atom. The van der Waals surface area contributed by atoms with Crippen LogP contribution >= 0.6 is 0 Å². The summed E-state index contributed by atoms with van der Waals surface area (Å²) < 4.78 is 0. The first-order valence-electron chi connectivity index (χ1n) is 7.77. The normalized spacial score (nSPS) is 32.1. The van der Waals surface area contributed by atoms with Gasteiger partial charge in [-0.3, -0.25) is 4.79 Å². The molecule has 1 fully saturated rings. The highest BCUT2D eigenvalue weighted by molar-refractivity contribution is 5.80. The molecule has 1 aliphatic rings. The van der Waals surface area contributed by atoms with Crippen LogP contribution in [0.5, 0.6) is 0 Å². The molecule has 4 unspecified atom stereocenters. The van der Waals surface area contributed by atoms with Crippen molar-refractivity contribution in [2.24, 2.45) is 28.9 Å². The summed E-state index contributed by atoms with van der Waals surface area (Å²) in [4.78, 5) is 12.6. The van der Waals surface area contributed by atoms with E-state index in [0.29, 0.717) is 11.8 Å². The molecule has 0 aromatic rings. The Bertz CT molecular complexity index is 312. The molecule has 0 aromatic heterocycles. The zero-order valence-corrected chi connectivity index (χ0v) is 13.5. The third-order valence-corrected chi connectivity index (χ3v) is 5.39. The van der Waals surface area contributed by atoms with Crippen LogP contribution in [0, 0.1) is 23.2 Å². The van der Waals surface area contributed by atoms with Crippen LogP contribution in [0.2, 0.25) is 0 Å². The van der Waals surface area contributed by atoms with Gasteiger partial charge in [-0.15, -0.1) is 0 Å². The molecular weight excluding hydrogens is 236 g/mol. The van der Waals surface area contributed by atoms with Gasteiger partial charge >= 0.3 is 0 Å². The van der Waals surface area contributed by atoms with E-state index in [4.69, 9.17) is 5.73 Å². The average molecular weight is 268 g/mol. The Balaban J connectivity index is 2.76. The van der Waals surface area contributed by atoms with Gasteiger partial charge in [0.25, 0.3) is 0 Å². The van der Waals surface area contributed by atoms with E-state index in [1.54, 1.807) is 0 Å². The number of hydrogen-bond donors (Lipinski definition) is 2. The van der Waals surface area contributed by atoms with Crippen molar-refractivity contribution in [2.75, 3.05) is 0 Å². The molecule has 1 saturated carbocycles. The van der Waals surface area contributed by atoms with Crippen LogP contribution in [-0.2, 0) is 4.79 Å². The molecule has 0 saturated heterocycles. The second-order valence-corrected chi connectivity index (χ2v) is 7.17. The topological polar surface area (TPSA) is 55.1 Å². The van der Waals surface area contributed by atoms with Crippen LogP contribution in [-0.4, -0.2) is 18.0 Å². The first kappa shape index (κ1) is 16.5. The van der Waals surface area contributed by atoms with Crippen LogP contribution in [0.25, 0.3) is 0 Å². The number of rotatable bonds is 4. The summed E-state index contributed by atoms with van der Waals surface area (Å²) in [5.41, 5.74) is 6.14. The van der Waals surface area contributed by atoms with E-state index >= 15 is 0 Å². The highest BCUT2D eigenvalue weighted by atomic mass is 16.2. The van der Waals surface area contributed by atoms with Gasteiger partial charge in [0.15, 0.2) is 0 Å². The van der Waals surface area contributed by atoms with Crippen LogP contribution < -0.4 is 11.1 Å². The van der Waals surface area contributed by atoms with Crippen LogP contribution in [0.4, 0.5) is 0 Å². The third-order valence-electron chi connectivity index (χ3n) is 5.39. The quantitative estimate of drug-likeness (QED) is 0.823. The second-order valence-electron chi connectivity index (χ2n) is 7.17. The molecule has 0 bridgehead atoms. The van der Waals surface area contributed by atoms with Gasteiger partial charge in [0.05, 0.1) is 0 Å². The maximum Gasteiger partial charge on any atom is 0.223 e. The standard InChI is InChI=1S/C16H32N2O/c1-7-14(10(2)3)18-15(19)12-8-9-13(17)11(4)16(12,5)6/h10-14H,7-9,17H2,1-6H3,(H,18,19). The number of nitrogens with one attached hydrogen (secondary N) is 1. The molecule has 1 rings (SSSR count). The Hall–Kier alpha value is -0.570. The number of carbonyl (C=O) groups is 1. The maximum atomic E-state index is 12.6. The predicted molar refractivity (Wildman–Crippen MR) is 80.7 cm³/mol. The molecule has 112 valence electrons. The molecule has 1 amide bonds. The Labute approximate surface area is 118 Å². The molecule has 3 nitrogen and oxygen atoms in total. The molecule has 3 N–H and O–H groups in total. The van der Waals surface area contributed by atoms with E-state index in [-0.39, 0.29) is 29.3 Å². The molecule has 0 aromatic carbocycles. The van der Waals surface area contributed by atoms with Gasteiger partial charge in [-0.25, -0.2) is 0 Å². The first-order valence-corrected chi connectivity index (χ1v) is 7.77. The van der Waals surface area contributed by atoms with Crippen molar-refractivity contribution in [3.63, 3.8) is 0 Å². The van der Waals surface area contributed by atoms with Gasteiger partial charge in [0.2, 0.25) is 5.91 Å². The van der Waals surface area contributed by atoms with Crippen LogP contribution in [0.1, 0.15) is 60.8 Å². The molecule has 0 heterocycles. The lowest BCUT2D eigenvalue weighted by molar-refractivity contribution is -0.133. The summed E-state index contributed by atoms with van der Waals surface area (Å²) >= 11 is 0. The van der Waals surface area contributed by atoms with Crippen molar-refractivity contribution in [3.8, 4) is 0 Å². The summed E-state index contributed by atoms with van der Waals surface area (Å²) in [6, 6.07) is 0.514. The van der Waals surface area contributed by atoms with Crippen molar-refractivity contribution >= 4 is 5.91 Å². The minimum atomic E-state index is -0.0168. The molecule has 3 heteroatoms. The number of nitrogens with two attached hydrogens (primary N) is 1. The van der Waals surface area contributed by atoms with E-state index in [1.165, 1.54) is 0 Å². The maximum absolute atomic E-state index is 12.6. The van der Waals surface area contributed by atoms with E-state index in [0.717, 1.165) is 19.3 Å². The van der Waals surface area contributed by atoms with Crippen LogP contribution in [0.15, 0.2) is 0 Å². The highest BCUT2D eigenvalue weighted by Crippen LogP contribution is 2.44. The molecule has 4 atom stereocenters. The Kier molecular flexibility index (Phi) is 5.43. The van der Waals surface area contributed by atoms with Gasteiger partial charge in [0.1, 0.15) is 0 Å². The fraction of sp³-hybridized carbons (Fsp3) is 0.938. The van der Waals surface area contributed by atoms with E-state index in [2.05, 4.69) is 46.9 Å². The summed E-state index contributed by atoms with van der Waals surface area (Å²) in [5.74, 6) is 1.19. The highest BCUT2D eigenvalue weighted by Gasteiger charge is 2.45. The van der Waals surface area contributed by atoms with Gasteiger partial charge in [0, 0.05) is 18.0 Å². The second kappa shape index (κ2) is 6.25. The summed E-state index contributed by atoms with van der Waals surface area (Å²) in [7, 11) is 0. The molecule has 1 aliphatic carbocycles. The average Bonchev–Trinajstić information content (AvgIpc) is 2.32. The molecule has 0 aliphatic heterocycles. The van der Waals surface area contributed by atoms with Crippen molar-refractivity contribution < 1.29 is 4.79 Å². The smallest absolute Gasteiger partial charge is 0.223 e.